The Morgan fingerprint density at radius 1 is 0.964 bits per heavy atom. The summed E-state index contributed by atoms with van der Waals surface area (Å²) in [6.45, 7) is 6.04. The number of hydrogen-bond donors (Lipinski definition) is 1. The van der Waals surface area contributed by atoms with Gasteiger partial charge in [0.1, 0.15) is 6.10 Å². The summed E-state index contributed by atoms with van der Waals surface area (Å²) in [5, 5.41) is 12.0. The van der Waals surface area contributed by atoms with Crippen molar-refractivity contribution in [1.29, 1.82) is 0 Å². The summed E-state index contributed by atoms with van der Waals surface area (Å²) in [6.07, 6.45) is 8.49. The number of ether oxygens (including phenoxy) is 2. The largest absolute Gasteiger partial charge is 0.469 e. The van der Waals surface area contributed by atoms with Gasteiger partial charge in [0.05, 0.1) is 18.6 Å². The second-order valence-electron chi connectivity index (χ2n) is 10.5. The molecule has 4 fully saturated rings. The number of methoxy groups -OCH3 is 1. The minimum atomic E-state index is -0.768. The standard InChI is InChI=1S/C23H36O5/c1-14(24)28-16-7-10-21(2)15(13-16)5-6-18-17(21)8-11-22(3)19(20(25)27-4)9-12-23(18,22)26/h15-19,26H,5-13H2,1-4H3/t15-,16-,17+,18-,19+,21+,22+,23+/m1/s1. The number of rotatable bonds is 2. The fourth-order valence-electron chi connectivity index (χ4n) is 8.05. The van der Waals surface area contributed by atoms with Crippen LogP contribution in [0.1, 0.15) is 78.6 Å². The van der Waals surface area contributed by atoms with Gasteiger partial charge in [0, 0.05) is 12.3 Å². The summed E-state index contributed by atoms with van der Waals surface area (Å²) in [6, 6.07) is 0. The van der Waals surface area contributed by atoms with Gasteiger partial charge in [-0.15, -0.1) is 0 Å². The lowest BCUT2D eigenvalue weighted by molar-refractivity contribution is -0.214. The van der Waals surface area contributed by atoms with Gasteiger partial charge >= 0.3 is 11.9 Å². The third-order valence-corrected chi connectivity index (χ3v) is 9.62. The van der Waals surface area contributed by atoms with E-state index < -0.39 is 5.60 Å². The van der Waals surface area contributed by atoms with Gasteiger partial charge in [0.25, 0.3) is 0 Å². The van der Waals surface area contributed by atoms with Crippen molar-refractivity contribution in [2.75, 3.05) is 7.11 Å². The molecular weight excluding hydrogens is 356 g/mol. The van der Waals surface area contributed by atoms with Gasteiger partial charge in [0.2, 0.25) is 0 Å². The molecule has 0 aromatic carbocycles. The monoisotopic (exact) mass is 392 g/mol. The molecule has 158 valence electrons. The molecule has 0 spiro atoms. The van der Waals surface area contributed by atoms with E-state index in [0.29, 0.717) is 18.3 Å². The average Bonchev–Trinajstić information content (AvgIpc) is 2.92. The predicted molar refractivity (Wildman–Crippen MR) is 104 cm³/mol. The van der Waals surface area contributed by atoms with Crippen molar-refractivity contribution >= 4 is 11.9 Å². The van der Waals surface area contributed by atoms with Crippen LogP contribution in [0.3, 0.4) is 0 Å². The predicted octanol–water partition coefficient (Wildman–Crippen LogP) is 3.86. The first-order chi connectivity index (χ1) is 13.2. The molecule has 0 aromatic heterocycles. The normalized spacial score (nSPS) is 50.1. The fraction of sp³-hybridized carbons (Fsp3) is 0.913. The number of carbonyl (C=O) groups is 2. The molecule has 4 aliphatic rings. The van der Waals surface area contributed by atoms with Crippen LogP contribution < -0.4 is 0 Å². The Bertz CT molecular complexity index is 661. The highest BCUT2D eigenvalue weighted by molar-refractivity contribution is 5.74. The van der Waals surface area contributed by atoms with Crippen molar-refractivity contribution in [3.8, 4) is 0 Å². The minimum absolute atomic E-state index is 0.0549. The molecule has 0 radical (unpaired) electrons. The molecule has 4 saturated carbocycles. The van der Waals surface area contributed by atoms with Gasteiger partial charge in [-0.05, 0) is 81.0 Å². The van der Waals surface area contributed by atoms with E-state index in [1.165, 1.54) is 14.0 Å². The maximum Gasteiger partial charge on any atom is 0.309 e. The van der Waals surface area contributed by atoms with Crippen LogP contribution in [0.5, 0.6) is 0 Å². The molecule has 5 nitrogen and oxygen atoms in total. The highest BCUT2D eigenvalue weighted by Gasteiger charge is 2.68. The van der Waals surface area contributed by atoms with Crippen LogP contribution in [0.25, 0.3) is 0 Å². The summed E-state index contributed by atoms with van der Waals surface area (Å²) in [7, 11) is 1.46. The van der Waals surface area contributed by atoms with E-state index >= 15 is 0 Å². The fourth-order valence-corrected chi connectivity index (χ4v) is 8.05. The number of esters is 2. The van der Waals surface area contributed by atoms with Crippen LogP contribution in [0.15, 0.2) is 0 Å². The maximum atomic E-state index is 12.4. The lowest BCUT2D eigenvalue weighted by Crippen LogP contribution is -2.62. The van der Waals surface area contributed by atoms with Gasteiger partial charge in [-0.1, -0.05) is 13.8 Å². The van der Waals surface area contributed by atoms with Crippen LogP contribution in [0.4, 0.5) is 0 Å². The molecule has 0 aliphatic heterocycles. The zero-order valence-corrected chi connectivity index (χ0v) is 17.8. The molecule has 4 rings (SSSR count). The van der Waals surface area contributed by atoms with E-state index in [-0.39, 0.29) is 40.7 Å². The number of aliphatic hydroxyl groups is 1. The molecular formula is C23H36O5. The van der Waals surface area contributed by atoms with Gasteiger partial charge in [-0.2, -0.15) is 0 Å². The van der Waals surface area contributed by atoms with Gasteiger partial charge < -0.3 is 14.6 Å². The molecule has 0 amide bonds. The zero-order chi connectivity index (χ0) is 20.3. The van der Waals surface area contributed by atoms with Crippen molar-refractivity contribution in [3.63, 3.8) is 0 Å². The average molecular weight is 393 g/mol. The summed E-state index contributed by atoms with van der Waals surface area (Å²) in [5.74, 6) is 0.779. The van der Waals surface area contributed by atoms with Crippen molar-refractivity contribution in [3.05, 3.63) is 0 Å². The third kappa shape index (κ3) is 2.68. The van der Waals surface area contributed by atoms with Crippen molar-refractivity contribution < 1.29 is 24.2 Å². The SMILES string of the molecule is COC(=O)[C@@H]1CC[C@]2(O)[C@@H]3CC[C@@H]4C[C@H](OC(C)=O)CC[C@]4(C)[C@H]3CC[C@@]12C. The van der Waals surface area contributed by atoms with Crippen LogP contribution in [0.2, 0.25) is 0 Å². The lowest BCUT2D eigenvalue weighted by Gasteiger charge is -2.63. The Labute approximate surface area is 168 Å². The first-order valence-corrected chi connectivity index (χ1v) is 11.1. The van der Waals surface area contributed by atoms with Gasteiger partial charge in [0.15, 0.2) is 0 Å². The van der Waals surface area contributed by atoms with Crippen molar-refractivity contribution in [2.45, 2.75) is 90.3 Å². The number of carbonyl (C=O) groups excluding carboxylic acids is 2. The smallest absolute Gasteiger partial charge is 0.309 e. The van der Waals surface area contributed by atoms with E-state index in [4.69, 9.17) is 9.47 Å². The lowest BCUT2D eigenvalue weighted by atomic mass is 9.43. The Hall–Kier alpha value is -1.10. The number of hydrogen-bond acceptors (Lipinski definition) is 5. The van der Waals surface area contributed by atoms with Crippen molar-refractivity contribution in [1.82, 2.24) is 0 Å². The topological polar surface area (TPSA) is 72.8 Å². The molecule has 0 aromatic rings. The van der Waals surface area contributed by atoms with E-state index in [2.05, 4.69) is 13.8 Å². The second kappa shape index (κ2) is 6.72. The maximum absolute atomic E-state index is 12.4. The molecule has 0 unspecified atom stereocenters. The highest BCUT2D eigenvalue weighted by Crippen LogP contribution is 2.69. The molecule has 0 bridgehead atoms. The highest BCUT2D eigenvalue weighted by atomic mass is 16.5. The number of fused-ring (bicyclic) bond motifs is 5. The summed E-state index contributed by atoms with van der Waals surface area (Å²) < 4.78 is 10.6. The molecule has 8 atom stereocenters. The van der Waals surface area contributed by atoms with Crippen LogP contribution in [-0.4, -0.2) is 35.9 Å². The van der Waals surface area contributed by atoms with Gasteiger partial charge in [-0.3, -0.25) is 9.59 Å². The van der Waals surface area contributed by atoms with E-state index in [0.717, 1.165) is 51.4 Å². The molecule has 5 heteroatoms. The Balaban J connectivity index is 1.58. The summed E-state index contributed by atoms with van der Waals surface area (Å²) in [5.41, 5.74) is -0.950. The Morgan fingerprint density at radius 3 is 2.39 bits per heavy atom. The summed E-state index contributed by atoms with van der Waals surface area (Å²) >= 11 is 0. The van der Waals surface area contributed by atoms with Crippen LogP contribution in [-0.2, 0) is 19.1 Å². The molecule has 1 N–H and O–H groups in total. The Kier molecular flexibility index (Phi) is 4.84. The molecule has 4 aliphatic carbocycles. The van der Waals surface area contributed by atoms with Crippen LogP contribution >= 0.6 is 0 Å². The molecule has 0 heterocycles. The van der Waals surface area contributed by atoms with Crippen molar-refractivity contribution in [2.24, 2.45) is 34.5 Å². The summed E-state index contributed by atoms with van der Waals surface area (Å²) in [4.78, 5) is 23.8. The first kappa shape index (κ1) is 20.2. The quantitative estimate of drug-likeness (QED) is 0.722. The zero-order valence-electron chi connectivity index (χ0n) is 17.8. The van der Waals surface area contributed by atoms with Crippen LogP contribution in [0, 0.1) is 34.5 Å². The third-order valence-electron chi connectivity index (χ3n) is 9.62. The second-order valence-corrected chi connectivity index (χ2v) is 10.5. The molecule has 0 saturated heterocycles. The van der Waals surface area contributed by atoms with E-state index in [1.54, 1.807) is 0 Å². The minimum Gasteiger partial charge on any atom is -0.469 e. The van der Waals surface area contributed by atoms with E-state index in [9.17, 15) is 14.7 Å². The Morgan fingerprint density at radius 2 is 1.71 bits per heavy atom. The first-order valence-electron chi connectivity index (χ1n) is 11.1. The van der Waals surface area contributed by atoms with Gasteiger partial charge in [-0.25, -0.2) is 0 Å². The molecule has 28 heavy (non-hydrogen) atoms. The van der Waals surface area contributed by atoms with E-state index in [1.807, 2.05) is 0 Å².